The molecule has 0 saturated heterocycles. The van der Waals surface area contributed by atoms with Crippen LogP contribution in [0.25, 0.3) is 22.3 Å². The van der Waals surface area contributed by atoms with E-state index in [0.717, 1.165) is 11.1 Å². The number of aryl methyl sites for hydroxylation is 1. The summed E-state index contributed by atoms with van der Waals surface area (Å²) in [6.07, 6.45) is 0. The first-order chi connectivity index (χ1) is 10.5. The molecule has 0 aromatic heterocycles. The number of hydrogen-bond acceptors (Lipinski definition) is 0. The van der Waals surface area contributed by atoms with Gasteiger partial charge in [0, 0.05) is 10.6 Å². The largest absolute Gasteiger partial charge is 0.207 e. The lowest BCUT2D eigenvalue weighted by molar-refractivity contribution is 0.617. The van der Waals surface area contributed by atoms with E-state index in [1.807, 2.05) is 18.2 Å². The highest BCUT2D eigenvalue weighted by molar-refractivity contribution is 6.30. The van der Waals surface area contributed by atoms with Gasteiger partial charge in [0.15, 0.2) is 0 Å². The van der Waals surface area contributed by atoms with Crippen molar-refractivity contribution in [2.24, 2.45) is 0 Å². The third-order valence-corrected chi connectivity index (χ3v) is 3.88. The van der Waals surface area contributed by atoms with E-state index in [9.17, 15) is 8.78 Å². The van der Waals surface area contributed by atoms with Gasteiger partial charge in [0.1, 0.15) is 11.6 Å². The molecule has 0 unspecified atom stereocenters. The van der Waals surface area contributed by atoms with Gasteiger partial charge in [0.2, 0.25) is 0 Å². The molecular formula is C19H13ClF2. The first kappa shape index (κ1) is 14.7. The van der Waals surface area contributed by atoms with Gasteiger partial charge in [0.25, 0.3) is 0 Å². The van der Waals surface area contributed by atoms with E-state index in [1.165, 1.54) is 12.1 Å². The quantitative estimate of drug-likeness (QED) is 0.523. The van der Waals surface area contributed by atoms with Gasteiger partial charge in [-0.15, -0.1) is 0 Å². The zero-order valence-corrected chi connectivity index (χ0v) is 12.7. The van der Waals surface area contributed by atoms with Gasteiger partial charge < -0.3 is 0 Å². The Hall–Kier alpha value is -2.19. The minimum atomic E-state index is -0.379. The predicted octanol–water partition coefficient (Wildman–Crippen LogP) is 6.26. The van der Waals surface area contributed by atoms with E-state index >= 15 is 0 Å². The summed E-state index contributed by atoms with van der Waals surface area (Å²) in [6, 6.07) is 16.9. The van der Waals surface area contributed by atoms with E-state index in [1.54, 1.807) is 37.3 Å². The summed E-state index contributed by atoms with van der Waals surface area (Å²) < 4.78 is 28.0. The van der Waals surface area contributed by atoms with Gasteiger partial charge in [0.05, 0.1) is 0 Å². The Labute approximate surface area is 133 Å². The SMILES string of the molecule is Cc1ccc(-c2ccc(-c3ccc(Cl)cc3)cc2F)cc1F. The van der Waals surface area contributed by atoms with Crippen molar-refractivity contribution >= 4 is 11.6 Å². The van der Waals surface area contributed by atoms with E-state index in [4.69, 9.17) is 11.6 Å². The average molecular weight is 315 g/mol. The molecule has 0 radical (unpaired) electrons. The van der Waals surface area contributed by atoms with Crippen LogP contribution < -0.4 is 0 Å². The lowest BCUT2D eigenvalue weighted by atomic mass is 9.99. The summed E-state index contributed by atoms with van der Waals surface area (Å²) in [4.78, 5) is 0. The molecule has 0 aliphatic carbocycles. The molecule has 3 rings (SSSR count). The van der Waals surface area contributed by atoms with Gasteiger partial charge in [-0.3, -0.25) is 0 Å². The molecule has 22 heavy (non-hydrogen) atoms. The van der Waals surface area contributed by atoms with E-state index in [0.29, 0.717) is 21.7 Å². The zero-order chi connectivity index (χ0) is 15.7. The maximum atomic E-state index is 14.4. The Morgan fingerprint density at radius 1 is 0.682 bits per heavy atom. The van der Waals surface area contributed by atoms with Gasteiger partial charge >= 0.3 is 0 Å². The minimum absolute atomic E-state index is 0.335. The number of benzene rings is 3. The van der Waals surface area contributed by atoms with E-state index in [-0.39, 0.29) is 11.6 Å². The first-order valence-electron chi connectivity index (χ1n) is 6.86. The highest BCUT2D eigenvalue weighted by Crippen LogP contribution is 2.29. The van der Waals surface area contributed by atoms with Crippen LogP contribution in [0, 0.1) is 18.6 Å². The average Bonchev–Trinajstić information content (AvgIpc) is 2.51. The lowest BCUT2D eigenvalue weighted by Gasteiger charge is -2.08. The fraction of sp³-hybridized carbons (Fsp3) is 0.0526. The summed E-state index contributed by atoms with van der Waals surface area (Å²) in [5.74, 6) is -0.714. The molecule has 110 valence electrons. The number of rotatable bonds is 2. The standard InChI is InChI=1S/C19H13ClF2/c1-12-2-3-15(11-18(12)21)17-9-6-14(10-19(17)22)13-4-7-16(20)8-5-13/h2-11H,1H3. The lowest BCUT2D eigenvalue weighted by Crippen LogP contribution is -1.89. The summed E-state index contributed by atoms with van der Waals surface area (Å²) in [5, 5.41) is 0.635. The molecule has 0 saturated carbocycles. The van der Waals surface area contributed by atoms with Crippen molar-refractivity contribution in [2.45, 2.75) is 6.92 Å². The monoisotopic (exact) mass is 314 g/mol. The molecule has 0 atom stereocenters. The van der Waals surface area contributed by atoms with E-state index < -0.39 is 0 Å². The fourth-order valence-corrected chi connectivity index (χ4v) is 2.46. The minimum Gasteiger partial charge on any atom is -0.207 e. The molecule has 3 aromatic carbocycles. The molecule has 0 heterocycles. The second kappa shape index (κ2) is 5.90. The van der Waals surface area contributed by atoms with E-state index in [2.05, 4.69) is 0 Å². The summed E-state index contributed by atoms with van der Waals surface area (Å²) in [6.45, 7) is 1.68. The van der Waals surface area contributed by atoms with Crippen LogP contribution in [0.4, 0.5) is 8.78 Å². The van der Waals surface area contributed by atoms with Crippen molar-refractivity contribution in [2.75, 3.05) is 0 Å². The van der Waals surface area contributed by atoms with Gasteiger partial charge in [-0.25, -0.2) is 8.78 Å². The molecule has 3 heteroatoms. The topological polar surface area (TPSA) is 0 Å². The molecule has 3 aromatic rings. The molecule has 0 N–H and O–H groups in total. The zero-order valence-electron chi connectivity index (χ0n) is 11.9. The summed E-state index contributed by atoms with van der Waals surface area (Å²) in [5.41, 5.74) is 3.09. The Kier molecular flexibility index (Phi) is 3.95. The molecule has 0 fully saturated rings. The smallest absolute Gasteiger partial charge is 0.131 e. The summed E-state index contributed by atoms with van der Waals surface area (Å²) in [7, 11) is 0. The predicted molar refractivity (Wildman–Crippen MR) is 87.0 cm³/mol. The summed E-state index contributed by atoms with van der Waals surface area (Å²) >= 11 is 5.85. The van der Waals surface area contributed by atoms with Crippen molar-refractivity contribution < 1.29 is 8.78 Å². The van der Waals surface area contributed by atoms with Crippen molar-refractivity contribution in [3.63, 3.8) is 0 Å². The maximum absolute atomic E-state index is 14.4. The van der Waals surface area contributed by atoms with Crippen LogP contribution in [-0.2, 0) is 0 Å². The van der Waals surface area contributed by atoms with Crippen LogP contribution >= 0.6 is 11.6 Å². The molecular weight excluding hydrogens is 302 g/mol. The first-order valence-corrected chi connectivity index (χ1v) is 7.24. The fourth-order valence-electron chi connectivity index (χ4n) is 2.33. The molecule has 0 aliphatic rings. The van der Waals surface area contributed by atoms with Crippen LogP contribution in [-0.4, -0.2) is 0 Å². The Balaban J connectivity index is 2.01. The Morgan fingerprint density at radius 3 is 1.91 bits per heavy atom. The second-order valence-corrected chi connectivity index (χ2v) is 5.60. The molecule has 0 nitrogen and oxygen atoms in total. The van der Waals surface area contributed by atoms with Crippen LogP contribution in [0.5, 0.6) is 0 Å². The second-order valence-electron chi connectivity index (χ2n) is 5.17. The molecule has 0 spiro atoms. The van der Waals surface area contributed by atoms with Crippen molar-refractivity contribution in [1.29, 1.82) is 0 Å². The van der Waals surface area contributed by atoms with Crippen molar-refractivity contribution in [1.82, 2.24) is 0 Å². The maximum Gasteiger partial charge on any atom is 0.131 e. The van der Waals surface area contributed by atoms with Crippen LogP contribution in [0.3, 0.4) is 0 Å². The highest BCUT2D eigenvalue weighted by atomic mass is 35.5. The highest BCUT2D eigenvalue weighted by Gasteiger charge is 2.09. The van der Waals surface area contributed by atoms with Crippen molar-refractivity contribution in [3.8, 4) is 22.3 Å². The molecule has 0 amide bonds. The van der Waals surface area contributed by atoms with Crippen molar-refractivity contribution in [3.05, 3.63) is 82.9 Å². The van der Waals surface area contributed by atoms with Gasteiger partial charge in [-0.1, -0.05) is 48.0 Å². The third kappa shape index (κ3) is 2.88. The molecule has 0 aliphatic heterocycles. The van der Waals surface area contributed by atoms with Crippen LogP contribution in [0.2, 0.25) is 5.02 Å². The van der Waals surface area contributed by atoms with Gasteiger partial charge in [-0.2, -0.15) is 0 Å². The Morgan fingerprint density at radius 2 is 1.27 bits per heavy atom. The van der Waals surface area contributed by atoms with Crippen LogP contribution in [0.1, 0.15) is 5.56 Å². The number of hydrogen-bond donors (Lipinski definition) is 0. The number of halogens is 3. The third-order valence-electron chi connectivity index (χ3n) is 3.63. The Bertz CT molecular complexity index is 823. The van der Waals surface area contributed by atoms with Gasteiger partial charge in [-0.05, 0) is 53.4 Å². The normalized spacial score (nSPS) is 10.7. The van der Waals surface area contributed by atoms with Crippen LogP contribution in [0.15, 0.2) is 60.7 Å². The molecule has 0 bridgehead atoms.